The monoisotopic (exact) mass is 272 g/mol. The van der Waals surface area contributed by atoms with Crippen molar-refractivity contribution in [2.24, 2.45) is 0 Å². The van der Waals surface area contributed by atoms with Gasteiger partial charge in [-0.25, -0.2) is 0 Å². The molecule has 0 atom stereocenters. The maximum Gasteiger partial charge on any atom is 0.573 e. The van der Waals surface area contributed by atoms with Crippen LogP contribution in [0.5, 0.6) is 11.5 Å². The molecule has 0 fully saturated rings. The number of hydrogen-bond donors (Lipinski definition) is 1. The molecule has 0 amide bonds. The topological polar surface area (TPSA) is 85.5 Å². The minimum atomic E-state index is -5.01. The van der Waals surface area contributed by atoms with E-state index in [0.29, 0.717) is 6.07 Å². The van der Waals surface area contributed by atoms with Gasteiger partial charge in [0.1, 0.15) is 0 Å². The average molecular weight is 273 g/mol. The lowest BCUT2D eigenvalue weighted by Crippen LogP contribution is -2.18. The summed E-state index contributed by atoms with van der Waals surface area (Å²) in [6, 6.07) is 0.441. The molecule has 1 rings (SSSR count). The largest absolute Gasteiger partial charge is 0.573 e. The smallest absolute Gasteiger partial charge is 0.501 e. The third-order valence-corrected chi connectivity index (χ3v) is 1.80. The fraction of sp³-hybridized carbons (Fsp3) is 0.286. The molecule has 0 aliphatic rings. The number of nitro groups is 1. The van der Waals surface area contributed by atoms with Gasteiger partial charge in [0, 0.05) is 6.07 Å². The summed E-state index contributed by atoms with van der Waals surface area (Å²) in [7, 11) is 0. The van der Waals surface area contributed by atoms with Crippen molar-refractivity contribution in [2.45, 2.75) is 12.2 Å². The molecule has 1 aromatic heterocycles. The van der Waals surface area contributed by atoms with Gasteiger partial charge in [-0.15, -0.1) is 24.8 Å². The van der Waals surface area contributed by atoms with Crippen molar-refractivity contribution < 1.29 is 27.9 Å². The zero-order valence-electron chi connectivity index (χ0n) is 7.86. The second-order valence-corrected chi connectivity index (χ2v) is 2.98. The summed E-state index contributed by atoms with van der Waals surface area (Å²) in [4.78, 5) is 12.5. The van der Waals surface area contributed by atoms with Crippen LogP contribution in [0.4, 0.5) is 19.0 Å². The molecular weight excluding hydrogens is 269 g/mol. The summed E-state index contributed by atoms with van der Waals surface area (Å²) in [5.41, 5.74) is -0.492. The maximum atomic E-state index is 11.9. The van der Waals surface area contributed by atoms with E-state index in [4.69, 9.17) is 16.7 Å². The van der Waals surface area contributed by atoms with E-state index in [1.54, 1.807) is 0 Å². The molecule has 1 aromatic rings. The first kappa shape index (κ1) is 13.3. The van der Waals surface area contributed by atoms with Crippen LogP contribution < -0.4 is 4.74 Å². The van der Waals surface area contributed by atoms with Gasteiger partial charge >= 0.3 is 12.2 Å². The molecule has 6 nitrogen and oxygen atoms in total. The van der Waals surface area contributed by atoms with E-state index < -0.39 is 40.2 Å². The van der Waals surface area contributed by atoms with Gasteiger partial charge in [-0.2, -0.15) is 0 Å². The van der Waals surface area contributed by atoms with Gasteiger partial charge in [0.2, 0.25) is 11.4 Å². The quantitative estimate of drug-likeness (QED) is 0.518. The molecule has 0 saturated heterocycles. The Bertz CT molecular complexity index is 451. The van der Waals surface area contributed by atoms with Crippen LogP contribution in [-0.2, 0) is 5.88 Å². The Morgan fingerprint density at radius 2 is 2.18 bits per heavy atom. The third kappa shape index (κ3) is 3.34. The predicted octanol–water partition coefficient (Wildman–Crippen LogP) is 2.33. The summed E-state index contributed by atoms with van der Waals surface area (Å²) < 4.78 is 39.3. The van der Waals surface area contributed by atoms with Crippen molar-refractivity contribution in [3.05, 3.63) is 21.9 Å². The molecule has 1 heterocycles. The van der Waals surface area contributed by atoms with Crippen LogP contribution in [0.25, 0.3) is 0 Å². The van der Waals surface area contributed by atoms with Crippen LogP contribution in [-0.4, -0.2) is 21.4 Å². The molecule has 17 heavy (non-hydrogen) atoms. The highest BCUT2D eigenvalue weighted by Crippen LogP contribution is 2.34. The number of aromatic nitrogens is 1. The first-order chi connectivity index (χ1) is 7.74. The number of alkyl halides is 4. The van der Waals surface area contributed by atoms with E-state index in [1.807, 2.05) is 0 Å². The molecule has 1 N–H and O–H groups in total. The van der Waals surface area contributed by atoms with Crippen molar-refractivity contribution in [1.29, 1.82) is 0 Å². The van der Waals surface area contributed by atoms with E-state index in [-0.39, 0.29) is 0 Å². The lowest BCUT2D eigenvalue weighted by molar-refractivity contribution is -0.390. The van der Waals surface area contributed by atoms with Crippen LogP contribution in [0.2, 0.25) is 0 Å². The zero-order valence-corrected chi connectivity index (χ0v) is 8.62. The summed E-state index contributed by atoms with van der Waals surface area (Å²) in [5, 5.41) is 19.4. The lowest BCUT2D eigenvalue weighted by Gasteiger charge is -2.09. The fourth-order valence-corrected chi connectivity index (χ4v) is 1.15. The number of nitrogens with zero attached hydrogens (tertiary/aromatic N) is 2. The van der Waals surface area contributed by atoms with Crippen LogP contribution in [0.1, 0.15) is 5.69 Å². The first-order valence-electron chi connectivity index (χ1n) is 3.93. The number of hydrogen-bond acceptors (Lipinski definition) is 5. The highest BCUT2D eigenvalue weighted by atomic mass is 35.5. The number of ether oxygens (including phenoxy) is 1. The van der Waals surface area contributed by atoms with Crippen LogP contribution in [0, 0.1) is 10.1 Å². The Kier molecular flexibility index (Phi) is 3.61. The Balaban J connectivity index is 3.24. The predicted molar refractivity (Wildman–Crippen MR) is 48.8 cm³/mol. The molecular formula is C7H4ClF3N2O4. The third-order valence-electron chi connectivity index (χ3n) is 1.55. The maximum absolute atomic E-state index is 11.9. The number of pyridine rings is 1. The van der Waals surface area contributed by atoms with Crippen LogP contribution >= 0.6 is 11.6 Å². The van der Waals surface area contributed by atoms with Gasteiger partial charge in [-0.1, -0.05) is 0 Å². The SMILES string of the molecule is O=[N+]([O-])c1nc(CCl)c(OC(F)(F)F)cc1O. The summed E-state index contributed by atoms with van der Waals surface area (Å²) in [6.45, 7) is 0. The summed E-state index contributed by atoms with van der Waals surface area (Å²) in [6.07, 6.45) is -5.01. The van der Waals surface area contributed by atoms with Crippen molar-refractivity contribution in [3.8, 4) is 11.5 Å². The van der Waals surface area contributed by atoms with E-state index in [9.17, 15) is 23.3 Å². The Labute approximate surface area is 96.7 Å². The van der Waals surface area contributed by atoms with Gasteiger partial charge in [-0.3, -0.25) is 0 Å². The molecule has 0 unspecified atom stereocenters. The minimum Gasteiger partial charge on any atom is -0.501 e. The highest BCUT2D eigenvalue weighted by molar-refractivity contribution is 6.17. The van der Waals surface area contributed by atoms with Gasteiger partial charge in [0.25, 0.3) is 0 Å². The van der Waals surface area contributed by atoms with Crippen LogP contribution in [0.15, 0.2) is 6.07 Å². The van der Waals surface area contributed by atoms with E-state index in [0.717, 1.165) is 0 Å². The van der Waals surface area contributed by atoms with Crippen molar-refractivity contribution in [2.75, 3.05) is 0 Å². The second-order valence-electron chi connectivity index (χ2n) is 2.71. The van der Waals surface area contributed by atoms with Crippen molar-refractivity contribution >= 4 is 17.4 Å². The van der Waals surface area contributed by atoms with Crippen molar-refractivity contribution in [1.82, 2.24) is 4.98 Å². The Morgan fingerprint density at radius 3 is 2.59 bits per heavy atom. The van der Waals surface area contributed by atoms with E-state index in [1.165, 1.54) is 0 Å². The molecule has 0 saturated carbocycles. The van der Waals surface area contributed by atoms with E-state index >= 15 is 0 Å². The zero-order chi connectivity index (χ0) is 13.2. The fourth-order valence-electron chi connectivity index (χ4n) is 0.955. The molecule has 0 aliphatic carbocycles. The van der Waals surface area contributed by atoms with Crippen LogP contribution in [0.3, 0.4) is 0 Å². The number of aromatic hydroxyl groups is 1. The number of halogens is 4. The lowest BCUT2D eigenvalue weighted by atomic mass is 10.3. The minimum absolute atomic E-state index is 0.441. The first-order valence-corrected chi connectivity index (χ1v) is 4.47. The Hall–Kier alpha value is -1.77. The summed E-state index contributed by atoms with van der Waals surface area (Å²) in [5.74, 6) is -3.44. The average Bonchev–Trinajstić information content (AvgIpc) is 2.14. The standard InChI is InChI=1S/C7H4ClF3N2O4/c8-2-3-5(17-7(9,10)11)1-4(14)6(12-3)13(15)16/h1,14H,2H2. The summed E-state index contributed by atoms with van der Waals surface area (Å²) >= 11 is 5.28. The van der Waals surface area contributed by atoms with Crippen molar-refractivity contribution in [3.63, 3.8) is 0 Å². The van der Waals surface area contributed by atoms with Gasteiger partial charge < -0.3 is 20.0 Å². The van der Waals surface area contributed by atoms with Gasteiger partial charge in [0.05, 0.1) is 5.88 Å². The van der Waals surface area contributed by atoms with Gasteiger partial charge in [0.15, 0.2) is 5.75 Å². The van der Waals surface area contributed by atoms with Gasteiger partial charge in [-0.05, 0) is 9.91 Å². The normalized spacial score (nSPS) is 11.3. The highest BCUT2D eigenvalue weighted by Gasteiger charge is 2.34. The number of rotatable bonds is 3. The molecule has 0 aliphatic heterocycles. The molecule has 0 aromatic carbocycles. The van der Waals surface area contributed by atoms with E-state index in [2.05, 4.69) is 9.72 Å². The molecule has 10 heteroatoms. The molecule has 0 spiro atoms. The Morgan fingerprint density at radius 1 is 1.59 bits per heavy atom. The molecule has 0 bridgehead atoms. The molecule has 94 valence electrons. The molecule has 0 radical (unpaired) electrons. The second kappa shape index (κ2) is 4.62.